The minimum atomic E-state index is -0.177. The molecule has 0 aromatic rings. The van der Waals surface area contributed by atoms with E-state index in [1.54, 1.807) is 0 Å². The molecule has 1 unspecified atom stereocenters. The van der Waals surface area contributed by atoms with Crippen LogP contribution in [0.15, 0.2) is 0 Å². The number of ketones is 1. The third-order valence-electron chi connectivity index (χ3n) is 2.15. The van der Waals surface area contributed by atoms with Gasteiger partial charge >= 0.3 is 0 Å². The van der Waals surface area contributed by atoms with Gasteiger partial charge in [-0.15, -0.1) is 0 Å². The Morgan fingerprint density at radius 3 is 1.55 bits per heavy atom. The van der Waals surface area contributed by atoms with E-state index < -0.39 is 0 Å². The molecule has 0 N–H and O–H groups in total. The van der Waals surface area contributed by atoms with E-state index in [2.05, 4.69) is 13.8 Å². The molecule has 0 heterocycles. The molecular weight excluding hydrogens is 136 g/mol. The first-order valence-electron chi connectivity index (χ1n) is 4.31. The molecule has 0 rings (SSSR count). The van der Waals surface area contributed by atoms with E-state index in [-0.39, 0.29) is 11.3 Å². The second-order valence-electron chi connectivity index (χ2n) is 4.65. The minimum Gasteiger partial charge on any atom is -0.299 e. The molecule has 0 radical (unpaired) electrons. The molecule has 1 atom stereocenters. The fraction of sp³-hybridized carbons (Fsp3) is 0.900. The molecule has 0 aliphatic heterocycles. The summed E-state index contributed by atoms with van der Waals surface area (Å²) < 4.78 is 0. The van der Waals surface area contributed by atoms with E-state index in [1.165, 1.54) is 0 Å². The first-order chi connectivity index (χ1) is 4.76. The zero-order valence-corrected chi connectivity index (χ0v) is 8.56. The molecule has 0 aliphatic carbocycles. The fourth-order valence-electron chi connectivity index (χ4n) is 0.986. The molecule has 0 fully saturated rings. The van der Waals surface area contributed by atoms with E-state index in [1.807, 2.05) is 27.7 Å². The zero-order valence-electron chi connectivity index (χ0n) is 8.56. The average molecular weight is 156 g/mol. The van der Waals surface area contributed by atoms with Crippen LogP contribution >= 0.6 is 0 Å². The number of carbonyl (C=O) groups excluding carboxylic acids is 1. The summed E-state index contributed by atoms with van der Waals surface area (Å²) in [6.07, 6.45) is 0. The molecule has 0 spiro atoms. The van der Waals surface area contributed by atoms with Gasteiger partial charge in [-0.2, -0.15) is 0 Å². The lowest BCUT2D eigenvalue weighted by atomic mass is 9.79. The van der Waals surface area contributed by atoms with Gasteiger partial charge in [-0.05, 0) is 5.92 Å². The van der Waals surface area contributed by atoms with Gasteiger partial charge in [0.25, 0.3) is 0 Å². The molecular formula is C10H20O. The van der Waals surface area contributed by atoms with Crippen molar-refractivity contribution in [3.8, 4) is 0 Å². The maximum Gasteiger partial charge on any atom is 0.141 e. The fourth-order valence-corrected chi connectivity index (χ4v) is 0.986. The maximum atomic E-state index is 11.6. The lowest BCUT2D eigenvalue weighted by Crippen LogP contribution is -2.29. The Kier molecular flexibility index (Phi) is 3.28. The van der Waals surface area contributed by atoms with Crippen molar-refractivity contribution in [2.45, 2.75) is 41.5 Å². The summed E-state index contributed by atoms with van der Waals surface area (Å²) >= 11 is 0. The Bertz CT molecular complexity index is 139. The van der Waals surface area contributed by atoms with Gasteiger partial charge in [-0.25, -0.2) is 0 Å². The molecule has 0 aliphatic rings. The molecule has 11 heavy (non-hydrogen) atoms. The van der Waals surface area contributed by atoms with Crippen LogP contribution in [-0.4, -0.2) is 5.78 Å². The number of Topliss-reactive ketones (excluding diaryl/α,β-unsaturated/α-hetero) is 1. The van der Waals surface area contributed by atoms with Gasteiger partial charge in [0.15, 0.2) is 0 Å². The Morgan fingerprint density at radius 1 is 1.09 bits per heavy atom. The van der Waals surface area contributed by atoms with Gasteiger partial charge in [0, 0.05) is 11.3 Å². The lowest BCUT2D eigenvalue weighted by Gasteiger charge is -2.24. The molecule has 1 nitrogen and oxygen atoms in total. The van der Waals surface area contributed by atoms with Crippen LogP contribution in [0.3, 0.4) is 0 Å². The average Bonchev–Trinajstić information content (AvgIpc) is 1.82. The first-order valence-corrected chi connectivity index (χ1v) is 4.31. The number of rotatable bonds is 2. The van der Waals surface area contributed by atoms with Crippen molar-refractivity contribution in [3.05, 3.63) is 0 Å². The van der Waals surface area contributed by atoms with Crippen molar-refractivity contribution < 1.29 is 4.79 Å². The van der Waals surface area contributed by atoms with E-state index in [4.69, 9.17) is 0 Å². The standard InChI is InChI=1S/C10H20O/c1-7(2)8(3)9(11)10(4,5)6/h7-8H,1-6H3. The van der Waals surface area contributed by atoms with Gasteiger partial charge in [0.1, 0.15) is 5.78 Å². The van der Waals surface area contributed by atoms with E-state index >= 15 is 0 Å². The van der Waals surface area contributed by atoms with Crippen LogP contribution in [0.4, 0.5) is 0 Å². The van der Waals surface area contributed by atoms with Crippen molar-refractivity contribution in [3.63, 3.8) is 0 Å². The molecule has 66 valence electrons. The highest BCUT2D eigenvalue weighted by Gasteiger charge is 2.27. The first kappa shape index (κ1) is 10.7. The highest BCUT2D eigenvalue weighted by Crippen LogP contribution is 2.24. The number of hydrogen-bond acceptors (Lipinski definition) is 1. The van der Waals surface area contributed by atoms with Crippen LogP contribution in [0.25, 0.3) is 0 Å². The normalized spacial score (nSPS) is 15.2. The molecule has 1 heteroatoms. The maximum absolute atomic E-state index is 11.6. The van der Waals surface area contributed by atoms with Crippen molar-refractivity contribution in [2.24, 2.45) is 17.3 Å². The predicted octanol–water partition coefficient (Wildman–Crippen LogP) is 2.89. The topological polar surface area (TPSA) is 17.1 Å². The van der Waals surface area contributed by atoms with Crippen LogP contribution in [-0.2, 0) is 4.79 Å². The Balaban J connectivity index is 4.26. The number of hydrogen-bond donors (Lipinski definition) is 0. The summed E-state index contributed by atoms with van der Waals surface area (Å²) in [4.78, 5) is 11.6. The van der Waals surface area contributed by atoms with Crippen LogP contribution < -0.4 is 0 Å². The molecule has 0 aromatic heterocycles. The van der Waals surface area contributed by atoms with Gasteiger partial charge in [0.2, 0.25) is 0 Å². The van der Waals surface area contributed by atoms with E-state index in [0.717, 1.165) is 0 Å². The SMILES string of the molecule is CC(C)C(C)C(=O)C(C)(C)C. The third-order valence-corrected chi connectivity index (χ3v) is 2.15. The van der Waals surface area contributed by atoms with Crippen molar-refractivity contribution >= 4 is 5.78 Å². The quantitative estimate of drug-likeness (QED) is 0.601. The third kappa shape index (κ3) is 3.04. The Labute approximate surface area is 70.2 Å². The van der Waals surface area contributed by atoms with Crippen LogP contribution in [0.1, 0.15) is 41.5 Å². The van der Waals surface area contributed by atoms with Crippen LogP contribution in [0.5, 0.6) is 0 Å². The van der Waals surface area contributed by atoms with Gasteiger partial charge in [0.05, 0.1) is 0 Å². The second-order valence-corrected chi connectivity index (χ2v) is 4.65. The predicted molar refractivity (Wildman–Crippen MR) is 48.5 cm³/mol. The molecule has 0 saturated carbocycles. The van der Waals surface area contributed by atoms with Crippen molar-refractivity contribution in [2.75, 3.05) is 0 Å². The molecule has 0 amide bonds. The summed E-state index contributed by atoms with van der Waals surface area (Å²) in [5.41, 5.74) is -0.177. The second kappa shape index (κ2) is 3.38. The Morgan fingerprint density at radius 2 is 1.45 bits per heavy atom. The Hall–Kier alpha value is -0.330. The number of carbonyl (C=O) groups is 1. The summed E-state index contributed by atoms with van der Waals surface area (Å²) in [6.45, 7) is 12.1. The minimum absolute atomic E-state index is 0.177. The monoisotopic (exact) mass is 156 g/mol. The van der Waals surface area contributed by atoms with Crippen molar-refractivity contribution in [1.29, 1.82) is 0 Å². The molecule has 0 aromatic carbocycles. The van der Waals surface area contributed by atoms with Gasteiger partial charge in [-0.3, -0.25) is 4.79 Å². The van der Waals surface area contributed by atoms with Crippen LogP contribution in [0.2, 0.25) is 0 Å². The highest BCUT2D eigenvalue weighted by molar-refractivity contribution is 5.85. The summed E-state index contributed by atoms with van der Waals surface area (Å²) in [6, 6.07) is 0. The summed E-state index contributed by atoms with van der Waals surface area (Å²) in [5.74, 6) is 1.02. The summed E-state index contributed by atoms with van der Waals surface area (Å²) in [5, 5.41) is 0. The van der Waals surface area contributed by atoms with Crippen LogP contribution in [0, 0.1) is 17.3 Å². The van der Waals surface area contributed by atoms with E-state index in [0.29, 0.717) is 11.7 Å². The smallest absolute Gasteiger partial charge is 0.141 e. The summed E-state index contributed by atoms with van der Waals surface area (Å²) in [7, 11) is 0. The van der Waals surface area contributed by atoms with E-state index in [9.17, 15) is 4.79 Å². The van der Waals surface area contributed by atoms with Gasteiger partial charge in [-0.1, -0.05) is 41.5 Å². The highest BCUT2D eigenvalue weighted by atomic mass is 16.1. The molecule has 0 bridgehead atoms. The van der Waals surface area contributed by atoms with Crippen molar-refractivity contribution in [1.82, 2.24) is 0 Å². The largest absolute Gasteiger partial charge is 0.299 e. The van der Waals surface area contributed by atoms with Gasteiger partial charge < -0.3 is 0 Å². The lowest BCUT2D eigenvalue weighted by molar-refractivity contribution is -0.131. The zero-order chi connectivity index (χ0) is 9.23. The molecule has 0 saturated heterocycles.